The molecule has 2 aromatic heterocycles. The van der Waals surface area contributed by atoms with Gasteiger partial charge in [-0.05, 0) is 12.1 Å². The second-order valence-electron chi connectivity index (χ2n) is 5.36. The topological polar surface area (TPSA) is 73.5 Å². The first-order valence-corrected chi connectivity index (χ1v) is 8.45. The molecule has 4 aromatic rings. The predicted molar refractivity (Wildman–Crippen MR) is 102 cm³/mol. The van der Waals surface area contributed by atoms with E-state index in [1.807, 2.05) is 24.3 Å². The van der Waals surface area contributed by atoms with Gasteiger partial charge < -0.3 is 19.6 Å². The van der Waals surface area contributed by atoms with Crippen molar-refractivity contribution in [3.05, 3.63) is 48.1 Å². The van der Waals surface area contributed by atoms with Gasteiger partial charge in [0, 0.05) is 23.9 Å². The summed E-state index contributed by atoms with van der Waals surface area (Å²) in [5, 5.41) is 4.53. The van der Waals surface area contributed by atoms with Crippen LogP contribution in [0.2, 0.25) is 0 Å². The van der Waals surface area contributed by atoms with Crippen LogP contribution in [0.3, 0.4) is 0 Å². The maximum Gasteiger partial charge on any atom is 0.330 e. The summed E-state index contributed by atoms with van der Waals surface area (Å²) in [6, 6.07) is 9.26. The fraction of sp³-hybridized carbons (Fsp3) is 0.111. The molecule has 0 bridgehead atoms. The van der Waals surface area contributed by atoms with Gasteiger partial charge in [0.25, 0.3) is 0 Å². The Balaban J connectivity index is 1.89. The number of nitrogens with one attached hydrogen (secondary N) is 1. The van der Waals surface area contributed by atoms with E-state index in [0.717, 1.165) is 26.8 Å². The number of anilines is 2. The van der Waals surface area contributed by atoms with Gasteiger partial charge >= 0.3 is 5.13 Å². The third kappa shape index (κ3) is 2.74. The van der Waals surface area contributed by atoms with Crippen LogP contribution >= 0.6 is 11.3 Å². The van der Waals surface area contributed by atoms with E-state index in [9.17, 15) is 0 Å². The van der Waals surface area contributed by atoms with Crippen LogP contribution in [0, 0.1) is 6.57 Å². The van der Waals surface area contributed by atoms with Crippen LogP contribution in [0.5, 0.6) is 11.5 Å². The first kappa shape index (κ1) is 16.1. The molecule has 0 radical (unpaired) electrons. The SMILES string of the molecule is [C-]#[N+]c1nc2ccc3ncnc(Nc4cc(OC)cc(OC)c4)c3c2s1. The summed E-state index contributed by atoms with van der Waals surface area (Å²) in [5.74, 6) is 1.97. The Morgan fingerprint density at radius 1 is 1.04 bits per heavy atom. The van der Waals surface area contributed by atoms with Crippen LogP contribution in [0.4, 0.5) is 16.6 Å². The van der Waals surface area contributed by atoms with Crippen LogP contribution in [-0.4, -0.2) is 29.2 Å². The van der Waals surface area contributed by atoms with Crippen molar-refractivity contribution in [2.24, 2.45) is 0 Å². The van der Waals surface area contributed by atoms with E-state index in [1.165, 1.54) is 17.7 Å². The molecule has 4 rings (SSSR count). The number of hydrogen-bond acceptors (Lipinski definition) is 7. The molecule has 8 heteroatoms. The smallest absolute Gasteiger partial charge is 0.330 e. The molecule has 0 saturated heterocycles. The fourth-order valence-electron chi connectivity index (χ4n) is 2.68. The summed E-state index contributed by atoms with van der Waals surface area (Å²) in [6.07, 6.45) is 1.50. The molecule has 7 nitrogen and oxygen atoms in total. The molecule has 1 N–H and O–H groups in total. The number of ether oxygens (including phenoxy) is 2. The Hall–Kier alpha value is -3.44. The molecule has 0 fully saturated rings. The number of hydrogen-bond donors (Lipinski definition) is 1. The summed E-state index contributed by atoms with van der Waals surface area (Å²) in [5.41, 5.74) is 2.31. The second kappa shape index (κ2) is 6.46. The standard InChI is InChI=1S/C18H13N5O2S/c1-19-18-23-14-5-4-13-15(16(14)26-18)17(21-9-20-13)22-10-6-11(24-2)8-12(7-10)25-3/h4-9H,2-3H3,(H,20,21,22). The maximum atomic E-state index is 7.21. The lowest BCUT2D eigenvalue weighted by atomic mass is 10.2. The molecular formula is C18H13N5O2S. The van der Waals surface area contributed by atoms with Crippen molar-refractivity contribution >= 4 is 49.1 Å². The Bertz CT molecular complexity index is 1140. The minimum Gasteiger partial charge on any atom is -0.497 e. The first-order valence-electron chi connectivity index (χ1n) is 7.63. The molecule has 0 atom stereocenters. The number of methoxy groups -OCH3 is 2. The molecule has 2 heterocycles. The number of benzene rings is 2. The van der Waals surface area contributed by atoms with Crippen molar-refractivity contribution in [1.82, 2.24) is 15.0 Å². The molecule has 0 aliphatic carbocycles. The average Bonchev–Trinajstić information content (AvgIpc) is 3.11. The highest BCUT2D eigenvalue weighted by Crippen LogP contribution is 2.37. The highest BCUT2D eigenvalue weighted by Gasteiger charge is 2.15. The van der Waals surface area contributed by atoms with Crippen LogP contribution in [-0.2, 0) is 0 Å². The molecule has 2 aromatic carbocycles. The van der Waals surface area contributed by atoms with Crippen molar-refractivity contribution < 1.29 is 9.47 Å². The number of nitrogens with zero attached hydrogens (tertiary/aromatic N) is 4. The van der Waals surface area contributed by atoms with E-state index < -0.39 is 0 Å². The fourth-order valence-corrected chi connectivity index (χ4v) is 3.57. The highest BCUT2D eigenvalue weighted by atomic mass is 32.1. The minimum absolute atomic E-state index is 0.394. The van der Waals surface area contributed by atoms with Gasteiger partial charge in [-0.15, -0.1) is 16.3 Å². The van der Waals surface area contributed by atoms with Gasteiger partial charge in [0.1, 0.15) is 23.6 Å². The third-order valence-corrected chi connectivity index (χ3v) is 4.84. The Labute approximate surface area is 153 Å². The van der Waals surface area contributed by atoms with Gasteiger partial charge in [-0.1, -0.05) is 6.57 Å². The lowest BCUT2D eigenvalue weighted by molar-refractivity contribution is 0.395. The van der Waals surface area contributed by atoms with Crippen LogP contribution in [0.15, 0.2) is 36.7 Å². The van der Waals surface area contributed by atoms with Crippen molar-refractivity contribution in [3.8, 4) is 11.5 Å². The molecule has 0 aliphatic rings. The van der Waals surface area contributed by atoms with Crippen LogP contribution in [0.1, 0.15) is 0 Å². The number of fused-ring (bicyclic) bond motifs is 3. The van der Waals surface area contributed by atoms with Crippen molar-refractivity contribution in [2.45, 2.75) is 0 Å². The van der Waals surface area contributed by atoms with E-state index in [4.69, 9.17) is 16.0 Å². The van der Waals surface area contributed by atoms with Crippen LogP contribution in [0.25, 0.3) is 26.0 Å². The maximum absolute atomic E-state index is 7.21. The average molecular weight is 363 g/mol. The number of aromatic nitrogens is 3. The molecule has 0 saturated carbocycles. The molecule has 26 heavy (non-hydrogen) atoms. The van der Waals surface area contributed by atoms with Gasteiger partial charge in [0.05, 0.1) is 29.8 Å². The summed E-state index contributed by atoms with van der Waals surface area (Å²) in [7, 11) is 3.21. The van der Waals surface area contributed by atoms with Crippen molar-refractivity contribution in [2.75, 3.05) is 19.5 Å². The van der Waals surface area contributed by atoms with E-state index >= 15 is 0 Å². The lowest BCUT2D eigenvalue weighted by Gasteiger charge is -2.11. The van der Waals surface area contributed by atoms with E-state index in [-0.39, 0.29) is 0 Å². The van der Waals surface area contributed by atoms with Gasteiger partial charge in [0.2, 0.25) is 0 Å². The Morgan fingerprint density at radius 2 is 1.77 bits per heavy atom. The zero-order chi connectivity index (χ0) is 18.1. The van der Waals surface area contributed by atoms with Gasteiger partial charge in [-0.25, -0.2) is 9.97 Å². The van der Waals surface area contributed by atoms with E-state index in [1.54, 1.807) is 20.3 Å². The minimum atomic E-state index is 0.394. The summed E-state index contributed by atoms with van der Waals surface area (Å²) in [6.45, 7) is 7.21. The first-order chi connectivity index (χ1) is 12.7. The van der Waals surface area contributed by atoms with E-state index in [0.29, 0.717) is 22.4 Å². The number of thiazole rings is 1. The second-order valence-corrected chi connectivity index (χ2v) is 6.34. The molecule has 0 spiro atoms. The zero-order valence-corrected chi connectivity index (χ0v) is 14.8. The molecule has 128 valence electrons. The zero-order valence-electron chi connectivity index (χ0n) is 14.0. The molecular weight excluding hydrogens is 350 g/mol. The summed E-state index contributed by atoms with van der Waals surface area (Å²) < 4.78 is 11.5. The third-order valence-electron chi connectivity index (χ3n) is 3.85. The summed E-state index contributed by atoms with van der Waals surface area (Å²) >= 11 is 1.33. The molecule has 0 amide bonds. The monoisotopic (exact) mass is 363 g/mol. The van der Waals surface area contributed by atoms with Gasteiger partial charge in [-0.3, -0.25) is 0 Å². The molecule has 0 aliphatic heterocycles. The highest BCUT2D eigenvalue weighted by molar-refractivity contribution is 7.23. The normalized spacial score (nSPS) is 10.7. The van der Waals surface area contributed by atoms with Crippen molar-refractivity contribution in [1.29, 1.82) is 0 Å². The predicted octanol–water partition coefficient (Wildman–Crippen LogP) is 4.55. The quantitative estimate of drug-likeness (QED) is 0.536. The van der Waals surface area contributed by atoms with E-state index in [2.05, 4.69) is 25.1 Å². The van der Waals surface area contributed by atoms with Gasteiger partial charge in [0.15, 0.2) is 5.52 Å². The largest absolute Gasteiger partial charge is 0.497 e. The summed E-state index contributed by atoms with van der Waals surface area (Å²) in [4.78, 5) is 16.5. The Morgan fingerprint density at radius 3 is 2.46 bits per heavy atom. The Kier molecular flexibility index (Phi) is 3.99. The lowest BCUT2D eigenvalue weighted by Crippen LogP contribution is -1.97. The van der Waals surface area contributed by atoms with Crippen LogP contribution < -0.4 is 14.8 Å². The van der Waals surface area contributed by atoms with Gasteiger partial charge in [-0.2, -0.15) is 0 Å². The molecule has 0 unspecified atom stereocenters. The number of rotatable bonds is 4. The van der Waals surface area contributed by atoms with Crippen molar-refractivity contribution in [3.63, 3.8) is 0 Å².